The SMILES string of the molecule is N#CC(C#N)=C1C=CC=C(N2CCOCC2)C=C1.N#CC(C#N)=C1C=CC=C(N2CCOCC2)C=C1. The third-order valence-corrected chi connectivity index (χ3v) is 5.73. The van der Waals surface area contributed by atoms with E-state index in [-0.39, 0.29) is 11.1 Å². The predicted molar refractivity (Wildman–Crippen MR) is 134 cm³/mol. The third-order valence-electron chi connectivity index (χ3n) is 5.73. The van der Waals surface area contributed by atoms with Gasteiger partial charge in [-0.25, -0.2) is 0 Å². The highest BCUT2D eigenvalue weighted by Gasteiger charge is 2.13. The third kappa shape index (κ3) is 7.20. The molecule has 2 aliphatic heterocycles. The van der Waals surface area contributed by atoms with Gasteiger partial charge < -0.3 is 19.3 Å². The van der Waals surface area contributed by atoms with Gasteiger partial charge in [-0.2, -0.15) is 21.0 Å². The summed E-state index contributed by atoms with van der Waals surface area (Å²) >= 11 is 0. The van der Waals surface area contributed by atoms with Crippen molar-refractivity contribution in [3.05, 3.63) is 94.4 Å². The molecule has 8 nitrogen and oxygen atoms in total. The molecule has 4 aliphatic rings. The van der Waals surface area contributed by atoms with Crippen molar-refractivity contribution in [1.29, 1.82) is 21.0 Å². The van der Waals surface area contributed by atoms with Gasteiger partial charge in [-0.05, 0) is 24.3 Å². The molecular formula is C28H26N6O2. The molecule has 0 bridgehead atoms. The normalized spacial score (nSPS) is 18.7. The lowest BCUT2D eigenvalue weighted by Crippen LogP contribution is -2.35. The molecule has 4 rings (SSSR count). The maximum absolute atomic E-state index is 8.84. The minimum Gasteiger partial charge on any atom is -0.378 e. The van der Waals surface area contributed by atoms with Gasteiger partial charge in [-0.15, -0.1) is 0 Å². The molecule has 0 unspecified atom stereocenters. The summed E-state index contributed by atoms with van der Waals surface area (Å²) in [7, 11) is 0. The smallest absolute Gasteiger partial charge is 0.136 e. The number of nitriles is 4. The van der Waals surface area contributed by atoms with Crippen LogP contribution in [-0.2, 0) is 9.47 Å². The molecule has 0 atom stereocenters. The number of nitrogens with zero attached hydrogens (tertiary/aromatic N) is 6. The molecule has 2 saturated heterocycles. The van der Waals surface area contributed by atoms with Crippen molar-refractivity contribution in [1.82, 2.24) is 9.80 Å². The van der Waals surface area contributed by atoms with Gasteiger partial charge in [0, 0.05) is 48.7 Å². The maximum Gasteiger partial charge on any atom is 0.136 e. The van der Waals surface area contributed by atoms with Crippen LogP contribution in [0.15, 0.2) is 94.4 Å². The monoisotopic (exact) mass is 478 g/mol. The van der Waals surface area contributed by atoms with Gasteiger partial charge in [0.15, 0.2) is 0 Å². The Morgan fingerprint density at radius 3 is 1.25 bits per heavy atom. The van der Waals surface area contributed by atoms with Crippen molar-refractivity contribution in [3.8, 4) is 24.3 Å². The fourth-order valence-electron chi connectivity index (χ4n) is 3.78. The highest BCUT2D eigenvalue weighted by Crippen LogP contribution is 2.18. The van der Waals surface area contributed by atoms with Crippen LogP contribution in [0.2, 0.25) is 0 Å². The molecule has 0 amide bonds. The lowest BCUT2D eigenvalue weighted by atomic mass is 10.1. The number of hydrogen-bond acceptors (Lipinski definition) is 8. The van der Waals surface area contributed by atoms with E-state index in [0.29, 0.717) is 11.1 Å². The Bertz CT molecular complexity index is 1110. The number of allylic oxidation sites excluding steroid dienone is 14. The van der Waals surface area contributed by atoms with Gasteiger partial charge in [-0.1, -0.05) is 36.5 Å². The molecule has 2 aliphatic carbocycles. The van der Waals surface area contributed by atoms with E-state index in [1.165, 1.54) is 0 Å². The molecule has 0 spiro atoms. The number of rotatable bonds is 2. The van der Waals surface area contributed by atoms with E-state index < -0.39 is 0 Å². The Morgan fingerprint density at radius 2 is 0.917 bits per heavy atom. The summed E-state index contributed by atoms with van der Waals surface area (Å²) in [5.41, 5.74) is 3.75. The number of ether oxygens (including phenoxy) is 2. The molecular weight excluding hydrogens is 452 g/mol. The Labute approximate surface area is 211 Å². The topological polar surface area (TPSA) is 120 Å². The highest BCUT2D eigenvalue weighted by atomic mass is 16.5. The summed E-state index contributed by atoms with van der Waals surface area (Å²) in [6.45, 7) is 6.41. The first kappa shape index (κ1) is 26.0. The molecule has 2 fully saturated rings. The van der Waals surface area contributed by atoms with Crippen LogP contribution >= 0.6 is 0 Å². The zero-order valence-electron chi connectivity index (χ0n) is 19.9. The maximum atomic E-state index is 8.84. The van der Waals surface area contributed by atoms with Crippen LogP contribution in [0.5, 0.6) is 0 Å². The molecule has 0 aromatic rings. The zero-order valence-corrected chi connectivity index (χ0v) is 19.9. The number of hydrogen-bond donors (Lipinski definition) is 0. The van der Waals surface area contributed by atoms with Crippen molar-refractivity contribution >= 4 is 0 Å². The largest absolute Gasteiger partial charge is 0.378 e. The molecule has 0 saturated carbocycles. The Balaban J connectivity index is 0.000000201. The van der Waals surface area contributed by atoms with Crippen LogP contribution in [0, 0.1) is 45.3 Å². The van der Waals surface area contributed by atoms with Gasteiger partial charge in [0.1, 0.15) is 35.4 Å². The number of morpholine rings is 2. The second-order valence-corrected chi connectivity index (χ2v) is 7.87. The van der Waals surface area contributed by atoms with Gasteiger partial charge in [-0.3, -0.25) is 0 Å². The molecule has 180 valence electrons. The summed E-state index contributed by atoms with van der Waals surface area (Å²) in [5, 5.41) is 35.4. The first-order valence-electron chi connectivity index (χ1n) is 11.6. The van der Waals surface area contributed by atoms with Crippen molar-refractivity contribution < 1.29 is 9.47 Å². The quantitative estimate of drug-likeness (QED) is 0.554. The van der Waals surface area contributed by atoms with E-state index in [1.54, 1.807) is 12.2 Å². The fourth-order valence-corrected chi connectivity index (χ4v) is 3.78. The van der Waals surface area contributed by atoms with Gasteiger partial charge in [0.05, 0.1) is 26.4 Å². The average Bonchev–Trinajstić information content (AvgIpc) is 3.34. The lowest BCUT2D eigenvalue weighted by Gasteiger charge is -2.29. The molecule has 36 heavy (non-hydrogen) atoms. The fraction of sp³-hybridized carbons (Fsp3) is 0.286. The van der Waals surface area contributed by atoms with Crippen LogP contribution in [0.1, 0.15) is 0 Å². The first-order valence-corrected chi connectivity index (χ1v) is 11.6. The van der Waals surface area contributed by atoms with Gasteiger partial charge in [0.25, 0.3) is 0 Å². The van der Waals surface area contributed by atoms with Crippen LogP contribution in [0.3, 0.4) is 0 Å². The van der Waals surface area contributed by atoms with Crippen molar-refractivity contribution in [3.63, 3.8) is 0 Å². The van der Waals surface area contributed by atoms with E-state index in [2.05, 4.69) is 9.80 Å². The molecule has 0 aromatic heterocycles. The van der Waals surface area contributed by atoms with Crippen molar-refractivity contribution in [2.24, 2.45) is 0 Å². The summed E-state index contributed by atoms with van der Waals surface area (Å²) < 4.78 is 10.6. The summed E-state index contributed by atoms with van der Waals surface area (Å²) in [6.07, 6.45) is 18.8. The van der Waals surface area contributed by atoms with Crippen LogP contribution < -0.4 is 0 Å². The average molecular weight is 479 g/mol. The van der Waals surface area contributed by atoms with Crippen molar-refractivity contribution in [2.75, 3.05) is 52.6 Å². The Hall–Kier alpha value is -4.60. The summed E-state index contributed by atoms with van der Waals surface area (Å²) in [4.78, 5) is 4.46. The second-order valence-electron chi connectivity index (χ2n) is 7.87. The molecule has 2 heterocycles. The Kier molecular flexibility index (Phi) is 10.1. The van der Waals surface area contributed by atoms with Crippen molar-refractivity contribution in [2.45, 2.75) is 0 Å². The van der Waals surface area contributed by atoms with E-state index >= 15 is 0 Å². The molecule has 0 N–H and O–H groups in total. The van der Waals surface area contributed by atoms with Gasteiger partial charge >= 0.3 is 0 Å². The zero-order chi connectivity index (χ0) is 25.6. The molecule has 0 radical (unpaired) electrons. The highest BCUT2D eigenvalue weighted by molar-refractivity contribution is 5.53. The van der Waals surface area contributed by atoms with Crippen LogP contribution in [0.25, 0.3) is 0 Å². The standard InChI is InChI=1S/2C14H13N3O/c2*15-10-13(11-16)12-2-1-3-14(5-4-12)17-6-8-18-9-7-17/h2*1-5H,6-9H2. The van der Waals surface area contributed by atoms with Crippen LogP contribution in [0.4, 0.5) is 0 Å². The minimum absolute atomic E-state index is 0.138. The minimum atomic E-state index is 0.138. The lowest BCUT2D eigenvalue weighted by molar-refractivity contribution is 0.0554. The second kappa shape index (κ2) is 14.0. The predicted octanol–water partition coefficient (Wildman–Crippen LogP) is 3.34. The first-order chi connectivity index (χ1) is 17.7. The van der Waals surface area contributed by atoms with E-state index in [4.69, 9.17) is 30.5 Å². The van der Waals surface area contributed by atoms with E-state index in [0.717, 1.165) is 64.0 Å². The Morgan fingerprint density at radius 1 is 0.556 bits per heavy atom. The summed E-state index contributed by atoms with van der Waals surface area (Å²) in [6, 6.07) is 7.61. The summed E-state index contributed by atoms with van der Waals surface area (Å²) in [5.74, 6) is 0. The van der Waals surface area contributed by atoms with E-state index in [9.17, 15) is 0 Å². The molecule has 8 heteroatoms. The van der Waals surface area contributed by atoms with Gasteiger partial charge in [0.2, 0.25) is 0 Å². The van der Waals surface area contributed by atoms with E-state index in [1.807, 2.05) is 72.9 Å². The van der Waals surface area contributed by atoms with Crippen LogP contribution in [-0.4, -0.2) is 62.4 Å². The molecule has 0 aromatic carbocycles.